The van der Waals surface area contributed by atoms with Gasteiger partial charge in [0.1, 0.15) is 11.6 Å². The molecule has 3 fully saturated rings. The third kappa shape index (κ3) is 2.07. The van der Waals surface area contributed by atoms with Gasteiger partial charge in [-0.25, -0.2) is 4.79 Å². The van der Waals surface area contributed by atoms with Gasteiger partial charge in [0.05, 0.1) is 6.54 Å². The van der Waals surface area contributed by atoms with Gasteiger partial charge in [-0.15, -0.1) is 0 Å². The summed E-state index contributed by atoms with van der Waals surface area (Å²) in [4.78, 5) is 37.1. The summed E-state index contributed by atoms with van der Waals surface area (Å²) in [6.07, 6.45) is 2.52. The van der Waals surface area contributed by atoms with Crippen molar-refractivity contribution in [2.75, 3.05) is 19.7 Å². The standard InChI is InChI=1S/C12H17N3O4/c16-9(8-3-1-6-19-8)15-5-2-4-12(7-15)10(17)13-11(18)14-12/h8H,1-7H2,(H2,13,14,17,18)/t8-,12?/m1/s1. The van der Waals surface area contributed by atoms with Crippen molar-refractivity contribution in [3.63, 3.8) is 0 Å². The zero-order valence-corrected chi connectivity index (χ0v) is 10.6. The van der Waals surface area contributed by atoms with E-state index in [4.69, 9.17) is 4.74 Å². The maximum absolute atomic E-state index is 12.3. The van der Waals surface area contributed by atoms with Crippen LogP contribution in [0.2, 0.25) is 0 Å². The number of ether oxygens (including phenoxy) is 1. The Bertz CT molecular complexity index is 433. The minimum absolute atomic E-state index is 0.0643. The Morgan fingerprint density at radius 3 is 2.84 bits per heavy atom. The van der Waals surface area contributed by atoms with E-state index in [0.29, 0.717) is 26.0 Å². The minimum Gasteiger partial charge on any atom is -0.368 e. The predicted molar refractivity (Wildman–Crippen MR) is 64.2 cm³/mol. The Hall–Kier alpha value is -1.63. The molecule has 104 valence electrons. The Kier molecular flexibility index (Phi) is 2.93. The second kappa shape index (κ2) is 4.48. The summed E-state index contributed by atoms with van der Waals surface area (Å²) in [5.74, 6) is -0.395. The first kappa shape index (κ1) is 12.4. The summed E-state index contributed by atoms with van der Waals surface area (Å²) < 4.78 is 5.39. The molecular formula is C12H17N3O4. The summed E-state index contributed by atoms with van der Waals surface area (Å²) in [5.41, 5.74) is -0.941. The average Bonchev–Trinajstić information content (AvgIpc) is 2.99. The number of carbonyl (C=O) groups is 3. The van der Waals surface area contributed by atoms with Crippen LogP contribution in [0.25, 0.3) is 0 Å². The number of likely N-dealkylation sites (tertiary alicyclic amines) is 1. The molecule has 7 nitrogen and oxygen atoms in total. The molecule has 1 spiro atoms. The monoisotopic (exact) mass is 267 g/mol. The van der Waals surface area contributed by atoms with E-state index in [1.54, 1.807) is 4.90 Å². The molecule has 0 aromatic heterocycles. The molecule has 2 atom stereocenters. The van der Waals surface area contributed by atoms with Crippen LogP contribution < -0.4 is 10.6 Å². The lowest BCUT2D eigenvalue weighted by molar-refractivity contribution is -0.144. The summed E-state index contributed by atoms with van der Waals surface area (Å²) in [5, 5.41) is 4.91. The van der Waals surface area contributed by atoms with Crippen molar-refractivity contribution in [3.8, 4) is 0 Å². The number of rotatable bonds is 1. The van der Waals surface area contributed by atoms with Crippen molar-refractivity contribution in [1.29, 1.82) is 0 Å². The molecule has 0 bridgehead atoms. The Balaban J connectivity index is 1.72. The minimum atomic E-state index is -0.941. The first-order valence-electron chi connectivity index (χ1n) is 6.65. The van der Waals surface area contributed by atoms with E-state index in [-0.39, 0.29) is 24.5 Å². The SMILES string of the molecule is O=C1NC(=O)C2(CCCN(C(=O)[C@H]3CCCO3)C2)N1. The van der Waals surface area contributed by atoms with Gasteiger partial charge in [0.2, 0.25) is 0 Å². The third-order valence-electron chi connectivity index (χ3n) is 4.02. The molecule has 0 radical (unpaired) electrons. The third-order valence-corrected chi connectivity index (χ3v) is 4.02. The van der Waals surface area contributed by atoms with Gasteiger partial charge in [0.15, 0.2) is 0 Å². The van der Waals surface area contributed by atoms with Crippen LogP contribution in [-0.2, 0) is 14.3 Å². The van der Waals surface area contributed by atoms with Crippen molar-refractivity contribution in [3.05, 3.63) is 0 Å². The van der Waals surface area contributed by atoms with Gasteiger partial charge in [0, 0.05) is 13.2 Å². The maximum atomic E-state index is 12.3. The lowest BCUT2D eigenvalue weighted by atomic mass is 9.89. The molecule has 3 aliphatic rings. The van der Waals surface area contributed by atoms with Gasteiger partial charge >= 0.3 is 6.03 Å². The number of imide groups is 1. The second-order valence-electron chi connectivity index (χ2n) is 5.36. The molecule has 2 N–H and O–H groups in total. The molecule has 0 aromatic carbocycles. The number of nitrogens with one attached hydrogen (secondary N) is 2. The highest BCUT2D eigenvalue weighted by atomic mass is 16.5. The topological polar surface area (TPSA) is 87.7 Å². The normalized spacial score (nSPS) is 34.5. The quantitative estimate of drug-likeness (QED) is 0.619. The van der Waals surface area contributed by atoms with Crippen molar-refractivity contribution < 1.29 is 19.1 Å². The van der Waals surface area contributed by atoms with Crippen LogP contribution in [0, 0.1) is 0 Å². The number of nitrogens with zero attached hydrogens (tertiary/aromatic N) is 1. The average molecular weight is 267 g/mol. The first-order chi connectivity index (χ1) is 9.11. The van der Waals surface area contributed by atoms with Crippen LogP contribution in [0.5, 0.6) is 0 Å². The summed E-state index contributed by atoms with van der Waals surface area (Å²) in [6, 6.07) is -0.476. The fourth-order valence-electron chi connectivity index (χ4n) is 3.04. The van der Waals surface area contributed by atoms with E-state index in [1.807, 2.05) is 0 Å². The molecule has 0 aromatic rings. The molecule has 19 heavy (non-hydrogen) atoms. The smallest absolute Gasteiger partial charge is 0.322 e. The number of carbonyl (C=O) groups excluding carboxylic acids is 3. The van der Waals surface area contributed by atoms with Crippen LogP contribution in [0.1, 0.15) is 25.7 Å². The molecule has 3 aliphatic heterocycles. The van der Waals surface area contributed by atoms with Crippen LogP contribution in [0.15, 0.2) is 0 Å². The predicted octanol–water partition coefficient (Wildman–Crippen LogP) is -0.634. The van der Waals surface area contributed by atoms with Crippen LogP contribution >= 0.6 is 0 Å². The van der Waals surface area contributed by atoms with Gasteiger partial charge in [-0.05, 0) is 25.7 Å². The van der Waals surface area contributed by atoms with E-state index < -0.39 is 11.6 Å². The van der Waals surface area contributed by atoms with Crippen molar-refractivity contribution in [2.24, 2.45) is 0 Å². The van der Waals surface area contributed by atoms with Crippen LogP contribution in [-0.4, -0.2) is 54.1 Å². The molecule has 1 unspecified atom stereocenters. The van der Waals surface area contributed by atoms with Crippen LogP contribution in [0.3, 0.4) is 0 Å². The lowest BCUT2D eigenvalue weighted by Crippen LogP contribution is -2.60. The summed E-state index contributed by atoms with van der Waals surface area (Å²) in [6.45, 7) is 1.47. The van der Waals surface area contributed by atoms with Gasteiger partial charge in [-0.2, -0.15) is 0 Å². The zero-order valence-electron chi connectivity index (χ0n) is 10.6. The summed E-state index contributed by atoms with van der Waals surface area (Å²) in [7, 11) is 0. The largest absolute Gasteiger partial charge is 0.368 e. The Labute approximate surface area is 110 Å². The van der Waals surface area contributed by atoms with Crippen molar-refractivity contribution >= 4 is 17.8 Å². The Morgan fingerprint density at radius 1 is 1.37 bits per heavy atom. The van der Waals surface area contributed by atoms with E-state index >= 15 is 0 Å². The highest BCUT2D eigenvalue weighted by molar-refractivity contribution is 6.07. The maximum Gasteiger partial charge on any atom is 0.322 e. The van der Waals surface area contributed by atoms with Gasteiger partial charge in [0.25, 0.3) is 11.8 Å². The molecule has 4 amide bonds. The van der Waals surface area contributed by atoms with Crippen molar-refractivity contribution in [2.45, 2.75) is 37.3 Å². The first-order valence-corrected chi connectivity index (χ1v) is 6.65. The number of hydrogen-bond donors (Lipinski definition) is 2. The van der Waals surface area contributed by atoms with E-state index in [9.17, 15) is 14.4 Å². The molecule has 3 saturated heterocycles. The zero-order chi connectivity index (χ0) is 13.5. The second-order valence-corrected chi connectivity index (χ2v) is 5.36. The molecule has 0 saturated carbocycles. The Morgan fingerprint density at radius 2 is 2.21 bits per heavy atom. The van der Waals surface area contributed by atoms with Crippen molar-refractivity contribution in [1.82, 2.24) is 15.5 Å². The number of hydrogen-bond acceptors (Lipinski definition) is 4. The lowest BCUT2D eigenvalue weighted by Gasteiger charge is -2.38. The van der Waals surface area contributed by atoms with Crippen LogP contribution in [0.4, 0.5) is 4.79 Å². The fourth-order valence-corrected chi connectivity index (χ4v) is 3.04. The number of urea groups is 1. The highest BCUT2D eigenvalue weighted by Gasteiger charge is 2.50. The van der Waals surface area contributed by atoms with E-state index in [0.717, 1.165) is 12.8 Å². The molecular weight excluding hydrogens is 250 g/mol. The fraction of sp³-hybridized carbons (Fsp3) is 0.750. The summed E-state index contributed by atoms with van der Waals surface area (Å²) >= 11 is 0. The van der Waals surface area contributed by atoms with Gasteiger partial charge < -0.3 is 15.0 Å². The molecule has 0 aliphatic carbocycles. The van der Waals surface area contributed by atoms with Gasteiger partial charge in [-0.1, -0.05) is 0 Å². The number of amides is 4. The van der Waals surface area contributed by atoms with Gasteiger partial charge in [-0.3, -0.25) is 14.9 Å². The molecule has 3 heterocycles. The highest BCUT2D eigenvalue weighted by Crippen LogP contribution is 2.26. The molecule has 7 heteroatoms. The van der Waals surface area contributed by atoms with E-state index in [1.165, 1.54) is 0 Å². The number of piperidine rings is 1. The molecule has 3 rings (SSSR count). The van der Waals surface area contributed by atoms with E-state index in [2.05, 4.69) is 10.6 Å².